The van der Waals surface area contributed by atoms with Crippen molar-refractivity contribution in [3.63, 3.8) is 0 Å². The molecule has 1 heterocycles. The maximum Gasteiger partial charge on any atom is 0.294 e. The first kappa shape index (κ1) is 18.7. The molecule has 0 bridgehead atoms. The van der Waals surface area contributed by atoms with Crippen LogP contribution in [0, 0.1) is 6.92 Å². The van der Waals surface area contributed by atoms with Gasteiger partial charge in [0.15, 0.2) is 0 Å². The van der Waals surface area contributed by atoms with Crippen molar-refractivity contribution in [3.05, 3.63) is 64.6 Å². The molecule has 1 aliphatic heterocycles. The number of amides is 3. The first-order valence-electron chi connectivity index (χ1n) is 8.23. The second-order valence-electron chi connectivity index (χ2n) is 5.90. The number of methoxy groups -OCH3 is 1. The Balaban J connectivity index is 1.68. The van der Waals surface area contributed by atoms with E-state index in [9.17, 15) is 14.4 Å². The molecule has 27 heavy (non-hydrogen) atoms. The predicted molar refractivity (Wildman–Crippen MR) is 105 cm³/mol. The van der Waals surface area contributed by atoms with E-state index in [0.717, 1.165) is 27.8 Å². The third-order valence-corrected chi connectivity index (χ3v) is 4.93. The van der Waals surface area contributed by atoms with Gasteiger partial charge in [-0.15, -0.1) is 0 Å². The average Bonchev–Trinajstić information content (AvgIpc) is 2.91. The zero-order chi connectivity index (χ0) is 19.4. The zero-order valence-corrected chi connectivity index (χ0v) is 15.7. The molecular weight excluding hydrogens is 364 g/mol. The number of carbonyl (C=O) groups excluding carboxylic acids is 3. The summed E-state index contributed by atoms with van der Waals surface area (Å²) in [7, 11) is 1.55. The lowest BCUT2D eigenvalue weighted by molar-refractivity contribution is -0.127. The van der Waals surface area contributed by atoms with E-state index in [0.29, 0.717) is 16.3 Å². The van der Waals surface area contributed by atoms with Crippen molar-refractivity contribution in [2.24, 2.45) is 0 Å². The molecule has 1 N–H and O–H groups in total. The monoisotopic (exact) mass is 382 g/mol. The second kappa shape index (κ2) is 8.09. The third-order valence-electron chi connectivity index (χ3n) is 4.02. The molecule has 138 valence electrons. The molecule has 1 fully saturated rings. The van der Waals surface area contributed by atoms with Gasteiger partial charge in [0.05, 0.1) is 12.0 Å². The molecule has 0 aliphatic carbocycles. The Morgan fingerprint density at radius 3 is 2.52 bits per heavy atom. The van der Waals surface area contributed by atoms with Crippen LogP contribution in [0.3, 0.4) is 0 Å². The highest BCUT2D eigenvalue weighted by Gasteiger charge is 2.36. The lowest BCUT2D eigenvalue weighted by Crippen LogP contribution is -2.36. The summed E-state index contributed by atoms with van der Waals surface area (Å²) in [6.07, 6.45) is 1.68. The van der Waals surface area contributed by atoms with Crippen LogP contribution >= 0.6 is 11.8 Å². The van der Waals surface area contributed by atoms with Crippen molar-refractivity contribution in [1.82, 2.24) is 4.90 Å². The van der Waals surface area contributed by atoms with E-state index in [4.69, 9.17) is 4.74 Å². The zero-order valence-electron chi connectivity index (χ0n) is 14.9. The van der Waals surface area contributed by atoms with Gasteiger partial charge in [0.1, 0.15) is 12.3 Å². The van der Waals surface area contributed by atoms with E-state index in [1.807, 2.05) is 31.2 Å². The summed E-state index contributed by atoms with van der Waals surface area (Å²) in [5.74, 6) is -0.238. The number of imide groups is 1. The quantitative estimate of drug-likeness (QED) is 0.799. The number of aryl methyl sites for hydroxylation is 1. The molecule has 7 heteroatoms. The molecule has 1 saturated heterocycles. The smallest absolute Gasteiger partial charge is 0.294 e. The highest BCUT2D eigenvalue weighted by atomic mass is 32.2. The fourth-order valence-electron chi connectivity index (χ4n) is 2.54. The van der Waals surface area contributed by atoms with Crippen LogP contribution < -0.4 is 10.1 Å². The van der Waals surface area contributed by atoms with E-state index in [-0.39, 0.29) is 6.54 Å². The minimum atomic E-state index is -0.460. The Morgan fingerprint density at radius 2 is 1.85 bits per heavy atom. The number of thioether (sulfide) groups is 1. The number of ether oxygens (including phenoxy) is 1. The molecule has 6 nitrogen and oxygen atoms in total. The average molecular weight is 382 g/mol. The maximum absolute atomic E-state index is 12.5. The molecule has 2 aromatic carbocycles. The van der Waals surface area contributed by atoms with Crippen LogP contribution in [0.5, 0.6) is 5.75 Å². The van der Waals surface area contributed by atoms with Gasteiger partial charge < -0.3 is 10.1 Å². The van der Waals surface area contributed by atoms with Crippen LogP contribution in [0.25, 0.3) is 6.08 Å². The van der Waals surface area contributed by atoms with Gasteiger partial charge in [-0.1, -0.05) is 24.3 Å². The summed E-state index contributed by atoms with van der Waals surface area (Å²) in [6, 6.07) is 14.4. The molecular formula is C20H18N2O4S. The summed E-state index contributed by atoms with van der Waals surface area (Å²) in [4.78, 5) is 38.2. The molecule has 3 rings (SSSR count). The number of nitrogens with one attached hydrogen (secondary N) is 1. The van der Waals surface area contributed by atoms with Gasteiger partial charge in [-0.25, -0.2) is 0 Å². The highest BCUT2D eigenvalue weighted by Crippen LogP contribution is 2.32. The summed E-state index contributed by atoms with van der Waals surface area (Å²) < 4.78 is 5.06. The summed E-state index contributed by atoms with van der Waals surface area (Å²) >= 11 is 0.841. The molecule has 0 aromatic heterocycles. The first-order chi connectivity index (χ1) is 13.0. The normalized spacial score (nSPS) is 15.3. The fourth-order valence-corrected chi connectivity index (χ4v) is 3.37. The maximum atomic E-state index is 12.5. The number of carbonyl (C=O) groups is 3. The minimum Gasteiger partial charge on any atom is -0.497 e. The molecule has 2 aromatic rings. The number of rotatable bonds is 5. The van der Waals surface area contributed by atoms with Gasteiger partial charge >= 0.3 is 0 Å². The number of benzene rings is 2. The molecule has 1 aliphatic rings. The fraction of sp³-hybridized carbons (Fsp3) is 0.150. The van der Waals surface area contributed by atoms with Crippen molar-refractivity contribution in [2.75, 3.05) is 19.0 Å². The number of anilines is 1. The van der Waals surface area contributed by atoms with Gasteiger partial charge in [0.2, 0.25) is 5.91 Å². The van der Waals surface area contributed by atoms with Gasteiger partial charge in [0.25, 0.3) is 11.1 Å². The van der Waals surface area contributed by atoms with Crippen LogP contribution in [0.15, 0.2) is 53.4 Å². The summed E-state index contributed by atoms with van der Waals surface area (Å²) in [6.45, 7) is 1.60. The van der Waals surface area contributed by atoms with E-state index in [1.165, 1.54) is 0 Å². The van der Waals surface area contributed by atoms with Crippen LogP contribution in [-0.4, -0.2) is 35.6 Å². The van der Waals surface area contributed by atoms with Gasteiger partial charge in [0, 0.05) is 5.69 Å². The minimum absolute atomic E-state index is 0.312. The SMILES string of the molecule is COc1ccc(NC(=O)CN2C(=O)S/C(=C\c3ccccc3C)C2=O)cc1. The van der Waals surface area contributed by atoms with Gasteiger partial charge in [-0.3, -0.25) is 19.3 Å². The largest absolute Gasteiger partial charge is 0.497 e. The summed E-state index contributed by atoms with van der Waals surface area (Å²) in [5.41, 5.74) is 2.43. The Bertz CT molecular complexity index is 922. The Kier molecular flexibility index (Phi) is 5.61. The Hall–Kier alpha value is -3.06. The molecule has 3 amide bonds. The van der Waals surface area contributed by atoms with E-state index in [1.54, 1.807) is 37.5 Å². The van der Waals surface area contributed by atoms with Gasteiger partial charge in [-0.05, 0) is 60.2 Å². The van der Waals surface area contributed by atoms with Crippen LogP contribution in [0.1, 0.15) is 11.1 Å². The molecule has 0 spiro atoms. The second-order valence-corrected chi connectivity index (χ2v) is 6.89. The molecule has 0 saturated carbocycles. The third kappa shape index (κ3) is 4.38. The highest BCUT2D eigenvalue weighted by molar-refractivity contribution is 8.18. The standard InChI is InChI=1S/C20H18N2O4S/c1-13-5-3-4-6-14(13)11-17-19(24)22(20(25)27-17)12-18(23)21-15-7-9-16(26-2)10-8-15/h3-11H,12H2,1-2H3,(H,21,23)/b17-11-. The number of hydrogen-bond donors (Lipinski definition) is 1. The lowest BCUT2D eigenvalue weighted by Gasteiger charge is -2.12. The first-order valence-corrected chi connectivity index (χ1v) is 9.04. The van der Waals surface area contributed by atoms with E-state index < -0.39 is 17.1 Å². The van der Waals surface area contributed by atoms with Crippen molar-refractivity contribution < 1.29 is 19.1 Å². The van der Waals surface area contributed by atoms with Crippen LogP contribution in [-0.2, 0) is 9.59 Å². The van der Waals surface area contributed by atoms with Crippen molar-refractivity contribution in [2.45, 2.75) is 6.92 Å². The number of hydrogen-bond acceptors (Lipinski definition) is 5. The van der Waals surface area contributed by atoms with Crippen molar-refractivity contribution in [1.29, 1.82) is 0 Å². The van der Waals surface area contributed by atoms with Gasteiger partial charge in [-0.2, -0.15) is 0 Å². The van der Waals surface area contributed by atoms with Crippen molar-refractivity contribution in [3.8, 4) is 5.75 Å². The van der Waals surface area contributed by atoms with E-state index >= 15 is 0 Å². The molecule has 0 atom stereocenters. The van der Waals surface area contributed by atoms with Crippen LogP contribution in [0.2, 0.25) is 0 Å². The Labute approximate surface area is 161 Å². The van der Waals surface area contributed by atoms with E-state index in [2.05, 4.69) is 5.32 Å². The lowest BCUT2D eigenvalue weighted by atomic mass is 10.1. The predicted octanol–water partition coefficient (Wildman–Crippen LogP) is 3.68. The van der Waals surface area contributed by atoms with Crippen molar-refractivity contribution >= 4 is 40.6 Å². The number of nitrogens with zero attached hydrogens (tertiary/aromatic N) is 1. The molecule has 0 unspecified atom stereocenters. The molecule has 0 radical (unpaired) electrons. The Morgan fingerprint density at radius 1 is 1.15 bits per heavy atom. The topological polar surface area (TPSA) is 75.7 Å². The summed E-state index contributed by atoms with van der Waals surface area (Å²) in [5, 5.41) is 2.21. The van der Waals surface area contributed by atoms with Crippen LogP contribution in [0.4, 0.5) is 10.5 Å².